The summed E-state index contributed by atoms with van der Waals surface area (Å²) in [5, 5.41) is 11.6. The lowest BCUT2D eigenvalue weighted by atomic mass is 10.1. The number of hydrogen-bond donors (Lipinski definition) is 0. The van der Waals surface area contributed by atoms with Crippen molar-refractivity contribution >= 4 is 23.1 Å². The molecule has 0 aliphatic carbocycles. The SMILES string of the molecule is Cc1cc(C(=O)COC(=O)c2ccc(N3CCOCC3)c([N+](=O)[O-])c2)c(C)n1Cc1ccco1. The molecule has 10 nitrogen and oxygen atoms in total. The van der Waals surface area contributed by atoms with E-state index in [4.69, 9.17) is 13.9 Å². The van der Waals surface area contributed by atoms with Gasteiger partial charge in [-0.3, -0.25) is 14.9 Å². The van der Waals surface area contributed by atoms with Crippen LogP contribution in [0.5, 0.6) is 0 Å². The Morgan fingerprint density at radius 1 is 1.15 bits per heavy atom. The normalized spacial score (nSPS) is 13.6. The Hall–Kier alpha value is -3.92. The van der Waals surface area contributed by atoms with Crippen LogP contribution in [0.25, 0.3) is 0 Å². The molecule has 34 heavy (non-hydrogen) atoms. The van der Waals surface area contributed by atoms with Crippen molar-refractivity contribution in [3.8, 4) is 0 Å². The second-order valence-corrected chi connectivity index (χ2v) is 8.01. The van der Waals surface area contributed by atoms with Crippen LogP contribution in [-0.2, 0) is 16.0 Å². The molecule has 0 N–H and O–H groups in total. The van der Waals surface area contributed by atoms with Gasteiger partial charge in [-0.1, -0.05) is 0 Å². The zero-order chi connectivity index (χ0) is 24.2. The third kappa shape index (κ3) is 4.86. The first kappa shape index (κ1) is 23.2. The molecule has 0 bridgehead atoms. The number of carbonyl (C=O) groups excluding carboxylic acids is 2. The number of esters is 1. The average molecular weight is 467 g/mol. The van der Waals surface area contributed by atoms with Crippen molar-refractivity contribution in [2.75, 3.05) is 37.8 Å². The van der Waals surface area contributed by atoms with E-state index < -0.39 is 17.5 Å². The molecule has 0 saturated carbocycles. The Balaban J connectivity index is 1.45. The van der Waals surface area contributed by atoms with Crippen LogP contribution < -0.4 is 4.90 Å². The maximum atomic E-state index is 12.8. The van der Waals surface area contributed by atoms with Gasteiger partial charge in [0.05, 0.1) is 36.5 Å². The van der Waals surface area contributed by atoms with Crippen LogP contribution >= 0.6 is 0 Å². The van der Waals surface area contributed by atoms with Gasteiger partial charge in [0.15, 0.2) is 6.61 Å². The molecule has 1 aliphatic rings. The van der Waals surface area contributed by atoms with E-state index in [1.165, 1.54) is 18.2 Å². The third-order valence-corrected chi connectivity index (χ3v) is 5.86. The predicted octanol–water partition coefficient (Wildman–Crippen LogP) is 3.53. The fourth-order valence-electron chi connectivity index (χ4n) is 4.05. The summed E-state index contributed by atoms with van der Waals surface area (Å²) >= 11 is 0. The topological polar surface area (TPSA) is 117 Å². The standard InChI is InChI=1S/C24H25N3O7/c1-16-12-20(17(2)26(16)14-19-4-3-9-33-19)23(28)15-34-24(29)18-5-6-21(22(13-18)27(30)31)25-7-10-32-11-8-25/h3-6,9,12-13H,7-8,10-11,14-15H2,1-2H3. The molecule has 1 fully saturated rings. The number of Topliss-reactive ketones (excluding diaryl/α,β-unsaturated/α-hetero) is 1. The Bertz CT molecular complexity index is 1210. The Kier molecular flexibility index (Phi) is 6.78. The van der Waals surface area contributed by atoms with E-state index in [-0.39, 0.29) is 17.0 Å². The van der Waals surface area contributed by atoms with Crippen LogP contribution in [0.2, 0.25) is 0 Å². The van der Waals surface area contributed by atoms with Crippen LogP contribution in [0.1, 0.15) is 37.9 Å². The molecule has 3 aromatic rings. The number of benzene rings is 1. The van der Waals surface area contributed by atoms with Gasteiger partial charge in [-0.25, -0.2) is 4.79 Å². The van der Waals surface area contributed by atoms with E-state index in [2.05, 4.69) is 0 Å². The predicted molar refractivity (Wildman–Crippen MR) is 122 cm³/mol. The van der Waals surface area contributed by atoms with Crippen molar-refractivity contribution in [2.45, 2.75) is 20.4 Å². The molecule has 1 saturated heterocycles. The number of anilines is 1. The van der Waals surface area contributed by atoms with Gasteiger partial charge in [0.1, 0.15) is 11.4 Å². The number of ether oxygens (including phenoxy) is 2. The first-order chi connectivity index (χ1) is 16.3. The van der Waals surface area contributed by atoms with Crippen LogP contribution in [0.15, 0.2) is 47.1 Å². The third-order valence-electron chi connectivity index (χ3n) is 5.86. The molecule has 2 aromatic heterocycles. The van der Waals surface area contributed by atoms with Crippen LogP contribution in [0.3, 0.4) is 0 Å². The fraction of sp³-hybridized carbons (Fsp3) is 0.333. The number of ketones is 1. The second-order valence-electron chi connectivity index (χ2n) is 8.01. The van der Waals surface area contributed by atoms with Gasteiger partial charge in [0.2, 0.25) is 5.78 Å². The molecule has 10 heteroatoms. The number of hydrogen-bond acceptors (Lipinski definition) is 8. The number of furan rings is 1. The van der Waals surface area contributed by atoms with Crippen molar-refractivity contribution in [3.63, 3.8) is 0 Å². The maximum Gasteiger partial charge on any atom is 0.338 e. The summed E-state index contributed by atoms with van der Waals surface area (Å²) in [5.74, 6) is -0.393. The molecule has 0 atom stereocenters. The zero-order valence-electron chi connectivity index (χ0n) is 19.0. The monoisotopic (exact) mass is 467 g/mol. The minimum atomic E-state index is -0.797. The maximum absolute atomic E-state index is 12.8. The Labute approximate surface area is 195 Å². The Morgan fingerprint density at radius 3 is 2.59 bits per heavy atom. The highest BCUT2D eigenvalue weighted by atomic mass is 16.6. The van der Waals surface area contributed by atoms with E-state index in [1.807, 2.05) is 29.4 Å². The number of carbonyl (C=O) groups is 2. The summed E-state index contributed by atoms with van der Waals surface area (Å²) in [6, 6.07) is 9.59. The summed E-state index contributed by atoms with van der Waals surface area (Å²) < 4.78 is 17.8. The van der Waals surface area contributed by atoms with E-state index in [9.17, 15) is 19.7 Å². The molecule has 0 radical (unpaired) electrons. The van der Waals surface area contributed by atoms with E-state index in [1.54, 1.807) is 18.4 Å². The number of aryl methyl sites for hydroxylation is 1. The van der Waals surface area contributed by atoms with Crippen LogP contribution in [0.4, 0.5) is 11.4 Å². The molecule has 0 unspecified atom stereocenters. The first-order valence-electron chi connectivity index (χ1n) is 10.9. The van der Waals surface area contributed by atoms with E-state index in [0.717, 1.165) is 17.1 Å². The van der Waals surface area contributed by atoms with Gasteiger partial charge >= 0.3 is 5.97 Å². The van der Waals surface area contributed by atoms with Crippen molar-refractivity contribution in [3.05, 3.63) is 81.1 Å². The van der Waals surface area contributed by atoms with Gasteiger partial charge in [0, 0.05) is 36.1 Å². The van der Waals surface area contributed by atoms with Gasteiger partial charge < -0.3 is 23.4 Å². The fourth-order valence-corrected chi connectivity index (χ4v) is 4.05. The van der Waals surface area contributed by atoms with Gasteiger partial charge in [-0.05, 0) is 44.2 Å². The van der Waals surface area contributed by atoms with E-state index >= 15 is 0 Å². The summed E-state index contributed by atoms with van der Waals surface area (Å²) in [5.41, 5.74) is 2.30. The molecular weight excluding hydrogens is 442 g/mol. The number of nitrogens with zero attached hydrogens (tertiary/aromatic N) is 3. The first-order valence-corrected chi connectivity index (χ1v) is 10.9. The van der Waals surface area contributed by atoms with Crippen LogP contribution in [0, 0.1) is 24.0 Å². The van der Waals surface area contributed by atoms with Crippen LogP contribution in [-0.4, -0.2) is 54.2 Å². The quantitative estimate of drug-likeness (QED) is 0.214. The summed E-state index contributed by atoms with van der Waals surface area (Å²) in [4.78, 5) is 38.3. The summed E-state index contributed by atoms with van der Waals surface area (Å²) in [6.07, 6.45) is 1.59. The van der Waals surface area contributed by atoms with Gasteiger partial charge in [-0.15, -0.1) is 0 Å². The number of morpholine rings is 1. The van der Waals surface area contributed by atoms with Gasteiger partial charge in [-0.2, -0.15) is 0 Å². The lowest BCUT2D eigenvalue weighted by molar-refractivity contribution is -0.384. The van der Waals surface area contributed by atoms with Crippen molar-refractivity contribution in [1.82, 2.24) is 4.57 Å². The second kappa shape index (κ2) is 9.92. The summed E-state index contributed by atoms with van der Waals surface area (Å²) in [7, 11) is 0. The highest BCUT2D eigenvalue weighted by Gasteiger charge is 2.24. The highest BCUT2D eigenvalue weighted by molar-refractivity contribution is 6.00. The smallest absolute Gasteiger partial charge is 0.338 e. The zero-order valence-corrected chi connectivity index (χ0v) is 19.0. The number of aromatic nitrogens is 1. The molecule has 1 aliphatic heterocycles. The molecule has 178 valence electrons. The largest absolute Gasteiger partial charge is 0.467 e. The Morgan fingerprint density at radius 2 is 1.91 bits per heavy atom. The lowest BCUT2D eigenvalue weighted by Gasteiger charge is -2.28. The highest BCUT2D eigenvalue weighted by Crippen LogP contribution is 2.30. The molecule has 3 heterocycles. The molecular formula is C24H25N3O7. The van der Waals surface area contributed by atoms with Crippen molar-refractivity contribution < 1.29 is 28.4 Å². The lowest BCUT2D eigenvalue weighted by Crippen LogP contribution is -2.36. The molecule has 1 aromatic carbocycles. The van der Waals surface area contributed by atoms with Crippen molar-refractivity contribution in [1.29, 1.82) is 0 Å². The minimum Gasteiger partial charge on any atom is -0.467 e. The van der Waals surface area contributed by atoms with E-state index in [0.29, 0.717) is 44.1 Å². The molecule has 4 rings (SSSR count). The summed E-state index contributed by atoms with van der Waals surface area (Å²) in [6.45, 7) is 5.72. The van der Waals surface area contributed by atoms with Gasteiger partial charge in [0.25, 0.3) is 5.69 Å². The number of rotatable bonds is 8. The molecule has 0 amide bonds. The minimum absolute atomic E-state index is 0.0137. The van der Waals surface area contributed by atoms with Crippen molar-refractivity contribution in [2.24, 2.45) is 0 Å². The average Bonchev–Trinajstić information content (AvgIpc) is 3.46. The number of nitro groups is 1. The number of nitro benzene ring substituents is 1. The molecule has 0 spiro atoms.